The molecule has 0 aliphatic heterocycles. The number of carbonyl (C=O) groups is 2. The molecule has 2 aromatic carbocycles. The molecule has 0 heterocycles. The minimum absolute atomic E-state index is 0.0331. The van der Waals surface area contributed by atoms with Crippen LogP contribution in [0.15, 0.2) is 48.5 Å². The molecule has 5 nitrogen and oxygen atoms in total. The molecule has 0 spiro atoms. The fourth-order valence-electron chi connectivity index (χ4n) is 2.79. The van der Waals surface area contributed by atoms with E-state index < -0.39 is 6.04 Å². The van der Waals surface area contributed by atoms with E-state index in [0.717, 1.165) is 17.5 Å². The maximum atomic E-state index is 13.0. The molecule has 6 heteroatoms. The lowest BCUT2D eigenvalue weighted by molar-refractivity contribution is -0.142. The average molecular weight is 417 g/mol. The number of benzene rings is 2. The van der Waals surface area contributed by atoms with Crippen LogP contribution in [0.3, 0.4) is 0 Å². The molecule has 156 valence electrons. The summed E-state index contributed by atoms with van der Waals surface area (Å²) in [5.41, 5.74) is 1.82. The molecule has 0 unspecified atom stereocenters. The fraction of sp³-hybridized carbons (Fsp3) is 0.391. The summed E-state index contributed by atoms with van der Waals surface area (Å²) in [6.45, 7) is 7.68. The average Bonchev–Trinajstić information content (AvgIpc) is 2.70. The minimum atomic E-state index is -0.658. The monoisotopic (exact) mass is 416 g/mol. The zero-order valence-electron chi connectivity index (χ0n) is 17.4. The van der Waals surface area contributed by atoms with Crippen LogP contribution in [-0.4, -0.2) is 35.4 Å². The zero-order valence-corrected chi connectivity index (χ0v) is 18.2. The Morgan fingerprint density at radius 3 is 2.52 bits per heavy atom. The zero-order chi connectivity index (χ0) is 21.4. The number of hydrogen-bond donors (Lipinski definition) is 1. The highest BCUT2D eigenvalue weighted by Crippen LogP contribution is 2.19. The fourth-order valence-corrected chi connectivity index (χ4v) is 2.99. The van der Waals surface area contributed by atoms with Crippen LogP contribution in [0, 0.1) is 6.92 Å². The summed E-state index contributed by atoms with van der Waals surface area (Å²) in [6.07, 6.45) is 0.813. The summed E-state index contributed by atoms with van der Waals surface area (Å²) >= 11 is 6.28. The number of nitrogens with zero attached hydrogens (tertiary/aromatic N) is 1. The van der Waals surface area contributed by atoms with Crippen LogP contribution >= 0.6 is 11.6 Å². The van der Waals surface area contributed by atoms with Crippen molar-refractivity contribution in [3.63, 3.8) is 0 Å². The summed E-state index contributed by atoms with van der Waals surface area (Å²) in [5, 5.41) is 3.49. The van der Waals surface area contributed by atoms with Crippen LogP contribution in [0.25, 0.3) is 0 Å². The molecule has 29 heavy (non-hydrogen) atoms. The molecule has 0 aromatic heterocycles. The van der Waals surface area contributed by atoms with Crippen molar-refractivity contribution in [3.05, 3.63) is 64.7 Å². The van der Waals surface area contributed by atoms with Gasteiger partial charge >= 0.3 is 0 Å². The normalized spacial score (nSPS) is 12.7. The Morgan fingerprint density at radius 1 is 1.14 bits per heavy atom. The van der Waals surface area contributed by atoms with Gasteiger partial charge in [-0.25, -0.2) is 0 Å². The van der Waals surface area contributed by atoms with Crippen molar-refractivity contribution in [1.29, 1.82) is 0 Å². The first-order chi connectivity index (χ1) is 13.8. The van der Waals surface area contributed by atoms with Crippen molar-refractivity contribution in [2.75, 3.05) is 6.61 Å². The maximum Gasteiger partial charge on any atom is 0.261 e. The lowest BCUT2D eigenvalue weighted by Crippen LogP contribution is -2.50. The molecule has 0 saturated carbocycles. The van der Waals surface area contributed by atoms with Crippen LogP contribution in [0.5, 0.6) is 5.75 Å². The Labute approximate surface area is 178 Å². The van der Waals surface area contributed by atoms with Crippen LogP contribution < -0.4 is 10.1 Å². The summed E-state index contributed by atoms with van der Waals surface area (Å²) in [6, 6.07) is 14.2. The van der Waals surface area contributed by atoms with Gasteiger partial charge in [-0.05, 0) is 56.5 Å². The van der Waals surface area contributed by atoms with Crippen LogP contribution in [-0.2, 0) is 16.1 Å². The molecule has 2 rings (SSSR count). The third kappa shape index (κ3) is 6.79. The van der Waals surface area contributed by atoms with Gasteiger partial charge in [0.2, 0.25) is 5.91 Å². The second-order valence-corrected chi connectivity index (χ2v) is 7.62. The first-order valence-electron chi connectivity index (χ1n) is 9.84. The molecule has 0 fully saturated rings. The number of ether oxygens (including phenoxy) is 1. The van der Waals surface area contributed by atoms with E-state index in [0.29, 0.717) is 10.8 Å². The number of rotatable bonds is 9. The number of halogens is 1. The predicted molar refractivity (Wildman–Crippen MR) is 116 cm³/mol. The van der Waals surface area contributed by atoms with E-state index in [-0.39, 0.29) is 31.0 Å². The molecule has 2 aromatic rings. The molecule has 0 radical (unpaired) electrons. The van der Waals surface area contributed by atoms with E-state index in [9.17, 15) is 9.59 Å². The van der Waals surface area contributed by atoms with Crippen molar-refractivity contribution >= 4 is 23.4 Å². The smallest absolute Gasteiger partial charge is 0.261 e. The van der Waals surface area contributed by atoms with E-state index in [1.807, 2.05) is 57.2 Å². The van der Waals surface area contributed by atoms with Crippen molar-refractivity contribution in [1.82, 2.24) is 10.2 Å². The lowest BCUT2D eigenvalue weighted by atomic mass is 10.1. The number of aryl methyl sites for hydroxylation is 1. The molecule has 0 aliphatic rings. The summed E-state index contributed by atoms with van der Waals surface area (Å²) in [5.74, 6) is 0.140. The van der Waals surface area contributed by atoms with Gasteiger partial charge in [0, 0.05) is 17.6 Å². The first kappa shape index (κ1) is 22.8. The largest absolute Gasteiger partial charge is 0.484 e. The predicted octanol–water partition coefficient (Wildman–Crippen LogP) is 4.36. The van der Waals surface area contributed by atoms with Gasteiger partial charge in [0.25, 0.3) is 5.91 Å². The Hall–Kier alpha value is -2.53. The highest BCUT2D eigenvalue weighted by atomic mass is 35.5. The van der Waals surface area contributed by atoms with Crippen molar-refractivity contribution in [3.8, 4) is 5.75 Å². The van der Waals surface area contributed by atoms with Gasteiger partial charge in [0.15, 0.2) is 6.61 Å². The second-order valence-electron chi connectivity index (χ2n) is 7.21. The molecule has 1 N–H and O–H groups in total. The van der Waals surface area contributed by atoms with E-state index in [1.165, 1.54) is 4.90 Å². The third-order valence-corrected chi connectivity index (χ3v) is 5.19. The van der Waals surface area contributed by atoms with Gasteiger partial charge in [0.1, 0.15) is 11.8 Å². The van der Waals surface area contributed by atoms with Crippen molar-refractivity contribution in [2.24, 2.45) is 0 Å². The SMILES string of the molecule is CC[C@@H](C)NC(=O)[C@@H](C)N(Cc1ccccc1Cl)C(=O)COc1cccc(C)c1. The van der Waals surface area contributed by atoms with E-state index >= 15 is 0 Å². The molecule has 0 aliphatic carbocycles. The molecular formula is C23H29ClN2O3. The third-order valence-electron chi connectivity index (χ3n) is 4.82. The van der Waals surface area contributed by atoms with Crippen LogP contribution in [0.4, 0.5) is 0 Å². The van der Waals surface area contributed by atoms with E-state index in [1.54, 1.807) is 19.1 Å². The molecule has 0 bridgehead atoms. The highest BCUT2D eigenvalue weighted by Gasteiger charge is 2.27. The Balaban J connectivity index is 2.17. The number of hydrogen-bond acceptors (Lipinski definition) is 3. The molecule has 2 amide bonds. The Morgan fingerprint density at radius 2 is 1.86 bits per heavy atom. The lowest BCUT2D eigenvalue weighted by Gasteiger charge is -2.30. The first-order valence-corrected chi connectivity index (χ1v) is 10.2. The standard InChI is InChI=1S/C23H29ClN2O3/c1-5-17(3)25-23(28)18(4)26(14-19-10-6-7-12-21(19)24)22(27)15-29-20-11-8-9-16(2)13-20/h6-13,17-18H,5,14-15H2,1-4H3,(H,25,28)/t17-,18-/m1/s1. The van der Waals surface area contributed by atoms with Gasteiger partial charge in [-0.2, -0.15) is 0 Å². The summed E-state index contributed by atoms with van der Waals surface area (Å²) in [4.78, 5) is 27.2. The molecule has 2 atom stereocenters. The van der Waals surface area contributed by atoms with E-state index in [2.05, 4.69) is 5.32 Å². The maximum absolute atomic E-state index is 13.0. The molecular weight excluding hydrogens is 388 g/mol. The highest BCUT2D eigenvalue weighted by molar-refractivity contribution is 6.31. The Bertz CT molecular complexity index is 840. The number of nitrogens with one attached hydrogen (secondary N) is 1. The minimum Gasteiger partial charge on any atom is -0.484 e. The molecule has 0 saturated heterocycles. The number of amides is 2. The van der Waals surface area contributed by atoms with Gasteiger partial charge < -0.3 is 15.0 Å². The van der Waals surface area contributed by atoms with Gasteiger partial charge in [0.05, 0.1) is 0 Å². The number of carbonyl (C=O) groups excluding carboxylic acids is 2. The summed E-state index contributed by atoms with van der Waals surface area (Å²) < 4.78 is 5.67. The van der Waals surface area contributed by atoms with Gasteiger partial charge in [-0.3, -0.25) is 9.59 Å². The van der Waals surface area contributed by atoms with Crippen LogP contribution in [0.1, 0.15) is 38.3 Å². The van der Waals surface area contributed by atoms with Gasteiger partial charge in [-0.15, -0.1) is 0 Å². The van der Waals surface area contributed by atoms with Crippen molar-refractivity contribution in [2.45, 2.75) is 52.7 Å². The summed E-state index contributed by atoms with van der Waals surface area (Å²) in [7, 11) is 0. The van der Waals surface area contributed by atoms with E-state index in [4.69, 9.17) is 16.3 Å². The van der Waals surface area contributed by atoms with Gasteiger partial charge in [-0.1, -0.05) is 48.9 Å². The topological polar surface area (TPSA) is 58.6 Å². The second kappa shape index (κ2) is 10.9. The van der Waals surface area contributed by atoms with Crippen LogP contribution in [0.2, 0.25) is 5.02 Å². The quantitative estimate of drug-likeness (QED) is 0.660. The Kier molecular flexibility index (Phi) is 8.52. The van der Waals surface area contributed by atoms with Crippen molar-refractivity contribution < 1.29 is 14.3 Å².